The van der Waals surface area contributed by atoms with E-state index in [9.17, 15) is 0 Å². The van der Waals surface area contributed by atoms with Gasteiger partial charge in [-0.05, 0) is 35.9 Å². The van der Waals surface area contributed by atoms with Crippen molar-refractivity contribution >= 4 is 34.9 Å². The minimum Gasteiger partial charge on any atom is -0.399 e. The molecule has 0 fully saturated rings. The predicted molar refractivity (Wildman–Crippen MR) is 84.6 cm³/mol. The van der Waals surface area contributed by atoms with Crippen molar-refractivity contribution in [2.75, 3.05) is 10.6 Å². The number of benzene rings is 2. The zero-order chi connectivity index (χ0) is 14.1. The molecule has 1 heterocycles. The Kier molecular flexibility index (Phi) is 3.34. The third-order valence-electron chi connectivity index (χ3n) is 3.28. The fraction of sp³-hybridized carbons (Fsp3) is 0.133. The van der Waals surface area contributed by atoms with Gasteiger partial charge in [0.1, 0.15) is 6.17 Å². The second kappa shape index (κ2) is 5.15. The number of nitrogens with zero attached hydrogens (tertiary/aromatic N) is 2. The fourth-order valence-corrected chi connectivity index (χ4v) is 2.49. The number of anilines is 2. The van der Waals surface area contributed by atoms with Gasteiger partial charge < -0.3 is 16.4 Å². The molecule has 1 aliphatic rings. The highest BCUT2D eigenvalue weighted by molar-refractivity contribution is 6.31. The summed E-state index contributed by atoms with van der Waals surface area (Å²) in [6.45, 7) is 0.673. The molecule has 0 saturated carbocycles. The van der Waals surface area contributed by atoms with Crippen LogP contribution >= 0.6 is 11.6 Å². The van der Waals surface area contributed by atoms with Crippen molar-refractivity contribution in [1.29, 1.82) is 0 Å². The Bertz CT molecular complexity index is 669. The molecule has 0 radical (unpaired) electrons. The Morgan fingerprint density at radius 1 is 1.20 bits per heavy atom. The summed E-state index contributed by atoms with van der Waals surface area (Å²) in [6, 6.07) is 13.4. The van der Waals surface area contributed by atoms with Gasteiger partial charge in [-0.2, -0.15) is 0 Å². The van der Waals surface area contributed by atoms with Crippen LogP contribution in [0.1, 0.15) is 5.56 Å². The molecule has 0 saturated heterocycles. The minimum atomic E-state index is -0.259. The second-order valence-corrected chi connectivity index (χ2v) is 5.21. The average Bonchev–Trinajstić information content (AvgIpc) is 2.42. The van der Waals surface area contributed by atoms with E-state index in [0.717, 1.165) is 22.6 Å². The van der Waals surface area contributed by atoms with E-state index in [4.69, 9.17) is 23.1 Å². The first-order valence-corrected chi connectivity index (χ1v) is 6.72. The van der Waals surface area contributed by atoms with Crippen LogP contribution in [0.4, 0.5) is 17.1 Å². The number of hydrogen-bond donors (Lipinski definition) is 2. The van der Waals surface area contributed by atoms with Crippen molar-refractivity contribution in [2.24, 2.45) is 10.7 Å². The molecule has 5 heteroatoms. The highest BCUT2D eigenvalue weighted by Crippen LogP contribution is 2.35. The Labute approximate surface area is 122 Å². The summed E-state index contributed by atoms with van der Waals surface area (Å²) in [5, 5.41) is 0.667. The maximum Gasteiger partial charge on any atom is 0.114 e. The summed E-state index contributed by atoms with van der Waals surface area (Å²) in [7, 11) is 0. The third-order valence-corrected chi connectivity index (χ3v) is 3.51. The molecular weight excluding hydrogens is 272 g/mol. The van der Waals surface area contributed by atoms with E-state index in [1.807, 2.05) is 42.5 Å². The van der Waals surface area contributed by atoms with Crippen LogP contribution in [0.15, 0.2) is 47.5 Å². The summed E-state index contributed by atoms with van der Waals surface area (Å²) in [6.07, 6.45) is 1.47. The normalized spacial score (nSPS) is 17.1. The first-order valence-electron chi connectivity index (χ1n) is 6.34. The molecule has 0 amide bonds. The fourth-order valence-electron chi connectivity index (χ4n) is 2.32. The largest absolute Gasteiger partial charge is 0.399 e. The van der Waals surface area contributed by atoms with E-state index in [1.165, 1.54) is 0 Å². The smallest absolute Gasteiger partial charge is 0.114 e. The average molecular weight is 287 g/mol. The van der Waals surface area contributed by atoms with Gasteiger partial charge in [0.05, 0.1) is 11.4 Å². The molecule has 20 heavy (non-hydrogen) atoms. The Balaban J connectivity index is 1.95. The van der Waals surface area contributed by atoms with E-state index in [-0.39, 0.29) is 6.17 Å². The maximum absolute atomic E-state index is 6.13. The zero-order valence-electron chi connectivity index (χ0n) is 10.8. The van der Waals surface area contributed by atoms with Crippen LogP contribution in [0.3, 0.4) is 0 Å². The molecule has 2 aromatic rings. The van der Waals surface area contributed by atoms with Gasteiger partial charge >= 0.3 is 0 Å². The minimum absolute atomic E-state index is 0.259. The maximum atomic E-state index is 6.13. The topological polar surface area (TPSA) is 67.6 Å². The third kappa shape index (κ3) is 2.48. The zero-order valence-corrected chi connectivity index (χ0v) is 11.6. The highest BCUT2D eigenvalue weighted by Gasteiger charge is 2.21. The standard InChI is InChI=1S/C15H15ClN4/c16-11-4-5-14-13(7-11)19-8-15(18)20(14)9-10-2-1-3-12(17)6-10/h1-8,15H,9,17-18H2. The number of hydrogen-bond acceptors (Lipinski definition) is 4. The monoisotopic (exact) mass is 286 g/mol. The van der Waals surface area contributed by atoms with Gasteiger partial charge in [-0.3, -0.25) is 4.99 Å². The molecule has 0 spiro atoms. The Morgan fingerprint density at radius 2 is 2.05 bits per heavy atom. The van der Waals surface area contributed by atoms with E-state index < -0.39 is 0 Å². The lowest BCUT2D eigenvalue weighted by Crippen LogP contribution is -2.44. The predicted octanol–water partition coefficient (Wildman–Crippen LogP) is 2.93. The summed E-state index contributed by atoms with van der Waals surface area (Å²) in [4.78, 5) is 6.42. The van der Waals surface area contributed by atoms with Gasteiger partial charge in [0.2, 0.25) is 0 Å². The highest BCUT2D eigenvalue weighted by atomic mass is 35.5. The van der Waals surface area contributed by atoms with Crippen LogP contribution in [-0.4, -0.2) is 12.4 Å². The van der Waals surface area contributed by atoms with E-state index >= 15 is 0 Å². The lowest BCUT2D eigenvalue weighted by molar-refractivity contribution is 0.738. The van der Waals surface area contributed by atoms with Crippen LogP contribution in [0, 0.1) is 0 Å². The van der Waals surface area contributed by atoms with Gasteiger partial charge in [0.15, 0.2) is 0 Å². The summed E-state index contributed by atoms with van der Waals surface area (Å²) in [5.41, 5.74) is 15.6. The molecule has 1 atom stereocenters. The van der Waals surface area contributed by atoms with Crippen LogP contribution in [-0.2, 0) is 6.54 Å². The molecule has 102 valence electrons. The number of nitrogen functional groups attached to an aromatic ring is 1. The van der Waals surface area contributed by atoms with E-state index in [0.29, 0.717) is 11.6 Å². The molecule has 0 aliphatic carbocycles. The number of halogens is 1. The molecule has 1 unspecified atom stereocenters. The van der Waals surface area contributed by atoms with E-state index in [2.05, 4.69) is 9.89 Å². The van der Waals surface area contributed by atoms with Gasteiger partial charge in [0, 0.05) is 23.5 Å². The molecular formula is C15H15ClN4. The van der Waals surface area contributed by atoms with Crippen molar-refractivity contribution in [2.45, 2.75) is 12.7 Å². The van der Waals surface area contributed by atoms with Crippen LogP contribution in [0.2, 0.25) is 5.02 Å². The number of aliphatic imine (C=N–C) groups is 1. The number of fused-ring (bicyclic) bond motifs is 1. The molecule has 2 aromatic carbocycles. The van der Waals surface area contributed by atoms with Crippen LogP contribution in [0.5, 0.6) is 0 Å². The molecule has 3 rings (SSSR count). The van der Waals surface area contributed by atoms with Gasteiger partial charge in [-0.25, -0.2) is 0 Å². The summed E-state index contributed by atoms with van der Waals surface area (Å²) in [5.74, 6) is 0. The van der Waals surface area contributed by atoms with Crippen molar-refractivity contribution < 1.29 is 0 Å². The van der Waals surface area contributed by atoms with Gasteiger partial charge in [-0.1, -0.05) is 23.7 Å². The van der Waals surface area contributed by atoms with Crippen LogP contribution in [0.25, 0.3) is 0 Å². The SMILES string of the molecule is Nc1cccc(CN2c3ccc(Cl)cc3N=CC2N)c1. The van der Waals surface area contributed by atoms with Crippen molar-refractivity contribution in [3.05, 3.63) is 53.1 Å². The summed E-state index contributed by atoms with van der Waals surface area (Å²) >= 11 is 6.00. The molecule has 0 bridgehead atoms. The Morgan fingerprint density at radius 3 is 2.85 bits per heavy atom. The molecule has 0 aromatic heterocycles. The lowest BCUT2D eigenvalue weighted by atomic mass is 10.1. The van der Waals surface area contributed by atoms with Gasteiger partial charge in [0.25, 0.3) is 0 Å². The van der Waals surface area contributed by atoms with E-state index in [1.54, 1.807) is 6.21 Å². The Hall–Kier alpha value is -2.04. The second-order valence-electron chi connectivity index (χ2n) is 4.77. The van der Waals surface area contributed by atoms with Crippen molar-refractivity contribution in [3.63, 3.8) is 0 Å². The quantitative estimate of drug-likeness (QED) is 0.834. The first-order chi connectivity index (χ1) is 9.63. The van der Waals surface area contributed by atoms with Crippen molar-refractivity contribution in [1.82, 2.24) is 0 Å². The van der Waals surface area contributed by atoms with Gasteiger partial charge in [-0.15, -0.1) is 0 Å². The van der Waals surface area contributed by atoms with Crippen LogP contribution < -0.4 is 16.4 Å². The summed E-state index contributed by atoms with van der Waals surface area (Å²) < 4.78 is 0. The lowest BCUT2D eigenvalue weighted by Gasteiger charge is -2.32. The molecule has 4 N–H and O–H groups in total. The van der Waals surface area contributed by atoms with Crippen molar-refractivity contribution in [3.8, 4) is 0 Å². The molecule has 1 aliphatic heterocycles. The first kappa shape index (κ1) is 13.0. The number of rotatable bonds is 2. The number of nitrogens with two attached hydrogens (primary N) is 2. The molecule has 4 nitrogen and oxygen atoms in total.